The monoisotopic (exact) mass is 179 g/mol. The van der Waals surface area contributed by atoms with Crippen LogP contribution in [0.5, 0.6) is 0 Å². The molecule has 1 fully saturated rings. The zero-order chi connectivity index (χ0) is 8.32. The van der Waals surface area contributed by atoms with Gasteiger partial charge in [-0.25, -0.2) is 0 Å². The Morgan fingerprint density at radius 1 is 1.36 bits per heavy atom. The van der Waals surface area contributed by atoms with Gasteiger partial charge in [0.2, 0.25) is 0 Å². The fourth-order valence-electron chi connectivity index (χ4n) is 1.30. The summed E-state index contributed by atoms with van der Waals surface area (Å²) >= 11 is 0. The van der Waals surface area contributed by atoms with Crippen molar-refractivity contribution in [2.75, 3.05) is 7.11 Å². The van der Waals surface area contributed by atoms with Crippen LogP contribution in [0.25, 0.3) is 0 Å². The summed E-state index contributed by atoms with van der Waals surface area (Å²) in [7, 11) is -2.29. The molecule has 0 aromatic rings. The minimum atomic E-state index is -3.45. The predicted molar refractivity (Wildman–Crippen MR) is 41.3 cm³/mol. The molecule has 0 bridgehead atoms. The van der Waals surface area contributed by atoms with Gasteiger partial charge >= 0.3 is 10.3 Å². The van der Waals surface area contributed by atoms with Crippen LogP contribution in [0, 0.1) is 0 Å². The van der Waals surface area contributed by atoms with Crippen molar-refractivity contribution in [3.63, 3.8) is 0 Å². The Hall–Kier alpha value is -0.130. The molecule has 0 atom stereocenters. The lowest BCUT2D eigenvalue weighted by molar-refractivity contribution is 0.379. The molecule has 0 radical (unpaired) electrons. The van der Waals surface area contributed by atoms with Crippen LogP contribution in [0.1, 0.15) is 25.7 Å². The van der Waals surface area contributed by atoms with E-state index in [9.17, 15) is 8.42 Å². The fraction of sp³-hybridized carbons (Fsp3) is 1.00. The first-order chi connectivity index (χ1) is 5.14. The van der Waals surface area contributed by atoms with Crippen molar-refractivity contribution in [2.24, 2.45) is 0 Å². The molecular weight excluding hydrogens is 166 g/mol. The Bertz CT molecular complexity index is 206. The summed E-state index contributed by atoms with van der Waals surface area (Å²) in [5, 5.41) is 0. The van der Waals surface area contributed by atoms with E-state index in [0.29, 0.717) is 0 Å². The van der Waals surface area contributed by atoms with Crippen molar-refractivity contribution >= 4 is 10.3 Å². The zero-order valence-corrected chi connectivity index (χ0v) is 7.36. The van der Waals surface area contributed by atoms with Crippen LogP contribution in [0.4, 0.5) is 0 Å². The van der Waals surface area contributed by atoms with Gasteiger partial charge in [-0.1, -0.05) is 12.8 Å². The van der Waals surface area contributed by atoms with Crippen molar-refractivity contribution < 1.29 is 12.6 Å². The summed E-state index contributed by atoms with van der Waals surface area (Å²) in [5.41, 5.74) is 0. The molecule has 0 aromatic heterocycles. The summed E-state index contributed by atoms with van der Waals surface area (Å²) in [6.45, 7) is 0. The third kappa shape index (κ3) is 2.76. The van der Waals surface area contributed by atoms with Gasteiger partial charge in [0, 0.05) is 6.04 Å². The van der Waals surface area contributed by atoms with E-state index in [0.717, 1.165) is 32.8 Å². The van der Waals surface area contributed by atoms with E-state index in [-0.39, 0.29) is 6.04 Å². The van der Waals surface area contributed by atoms with Crippen LogP contribution in [0.2, 0.25) is 0 Å². The Labute approximate surface area is 67.2 Å². The van der Waals surface area contributed by atoms with E-state index in [1.54, 1.807) is 0 Å². The van der Waals surface area contributed by atoms with Gasteiger partial charge in [-0.15, -0.1) is 0 Å². The number of nitrogens with one attached hydrogen (secondary N) is 1. The van der Waals surface area contributed by atoms with E-state index >= 15 is 0 Å². The summed E-state index contributed by atoms with van der Waals surface area (Å²) < 4.78 is 28.4. The number of hydrogen-bond donors (Lipinski definition) is 1. The molecule has 1 aliphatic carbocycles. The SMILES string of the molecule is COS(=O)(=O)NC1CCCC1. The van der Waals surface area contributed by atoms with Gasteiger partial charge < -0.3 is 0 Å². The fourth-order valence-corrected chi connectivity index (χ4v) is 2.04. The molecule has 0 heterocycles. The second-order valence-electron chi connectivity index (χ2n) is 2.72. The smallest absolute Gasteiger partial charge is 0.261 e. The average Bonchev–Trinajstić information content (AvgIpc) is 2.39. The first-order valence-electron chi connectivity index (χ1n) is 3.72. The topological polar surface area (TPSA) is 55.4 Å². The molecule has 1 aliphatic rings. The quantitative estimate of drug-likeness (QED) is 0.682. The summed E-state index contributed by atoms with van der Waals surface area (Å²) in [6, 6.07) is 0.0972. The molecule has 11 heavy (non-hydrogen) atoms. The molecule has 1 N–H and O–H groups in total. The molecular formula is C6H13NO3S. The highest BCUT2D eigenvalue weighted by atomic mass is 32.2. The maximum absolute atomic E-state index is 10.8. The van der Waals surface area contributed by atoms with Crippen molar-refractivity contribution in [1.29, 1.82) is 0 Å². The van der Waals surface area contributed by atoms with Gasteiger partial charge in [-0.05, 0) is 12.8 Å². The molecule has 0 saturated heterocycles. The average molecular weight is 179 g/mol. The highest BCUT2D eigenvalue weighted by molar-refractivity contribution is 7.84. The van der Waals surface area contributed by atoms with Crippen LogP contribution >= 0.6 is 0 Å². The summed E-state index contributed by atoms with van der Waals surface area (Å²) in [4.78, 5) is 0. The van der Waals surface area contributed by atoms with Crippen LogP contribution in [0.3, 0.4) is 0 Å². The molecule has 5 heteroatoms. The third-order valence-corrected chi connectivity index (χ3v) is 2.95. The highest BCUT2D eigenvalue weighted by Gasteiger charge is 2.20. The molecule has 4 nitrogen and oxygen atoms in total. The molecule has 0 amide bonds. The Morgan fingerprint density at radius 3 is 2.36 bits per heavy atom. The predicted octanol–water partition coefficient (Wildman–Crippen LogP) is 0.410. The van der Waals surface area contributed by atoms with Crippen LogP contribution in [-0.4, -0.2) is 21.6 Å². The van der Waals surface area contributed by atoms with E-state index in [1.807, 2.05) is 0 Å². The lowest BCUT2D eigenvalue weighted by Gasteiger charge is -2.09. The lowest BCUT2D eigenvalue weighted by atomic mass is 10.3. The van der Waals surface area contributed by atoms with E-state index in [1.165, 1.54) is 0 Å². The van der Waals surface area contributed by atoms with Gasteiger partial charge in [-0.2, -0.15) is 13.1 Å². The Morgan fingerprint density at radius 2 is 1.91 bits per heavy atom. The van der Waals surface area contributed by atoms with Crippen molar-refractivity contribution in [3.05, 3.63) is 0 Å². The zero-order valence-electron chi connectivity index (χ0n) is 6.54. The largest absolute Gasteiger partial charge is 0.335 e. The van der Waals surface area contributed by atoms with Gasteiger partial charge in [0.25, 0.3) is 0 Å². The molecule has 0 aromatic carbocycles. The summed E-state index contributed by atoms with van der Waals surface area (Å²) in [5.74, 6) is 0. The number of rotatable bonds is 3. The second-order valence-corrected chi connectivity index (χ2v) is 4.20. The molecule has 0 spiro atoms. The normalized spacial score (nSPS) is 20.8. The van der Waals surface area contributed by atoms with E-state index < -0.39 is 10.3 Å². The minimum Gasteiger partial charge on any atom is -0.261 e. The standard InChI is InChI=1S/C6H13NO3S/c1-10-11(8,9)7-6-4-2-3-5-6/h6-7H,2-5H2,1H3. The maximum atomic E-state index is 10.8. The first-order valence-corrected chi connectivity index (χ1v) is 5.13. The van der Waals surface area contributed by atoms with Gasteiger partial charge in [0.1, 0.15) is 0 Å². The van der Waals surface area contributed by atoms with Gasteiger partial charge in [0.15, 0.2) is 0 Å². The van der Waals surface area contributed by atoms with Crippen LogP contribution in [-0.2, 0) is 14.5 Å². The maximum Gasteiger partial charge on any atom is 0.335 e. The third-order valence-electron chi connectivity index (χ3n) is 1.89. The molecule has 0 aliphatic heterocycles. The van der Waals surface area contributed by atoms with Crippen LogP contribution in [0.15, 0.2) is 0 Å². The van der Waals surface area contributed by atoms with Crippen molar-refractivity contribution in [2.45, 2.75) is 31.7 Å². The minimum absolute atomic E-state index is 0.0972. The Balaban J connectivity index is 2.41. The summed E-state index contributed by atoms with van der Waals surface area (Å²) in [6.07, 6.45) is 4.08. The van der Waals surface area contributed by atoms with Crippen molar-refractivity contribution in [3.8, 4) is 0 Å². The van der Waals surface area contributed by atoms with Gasteiger partial charge in [-0.3, -0.25) is 4.18 Å². The van der Waals surface area contributed by atoms with Gasteiger partial charge in [0.05, 0.1) is 7.11 Å². The molecule has 0 unspecified atom stereocenters. The second kappa shape index (κ2) is 3.51. The van der Waals surface area contributed by atoms with Crippen LogP contribution < -0.4 is 4.72 Å². The van der Waals surface area contributed by atoms with E-state index in [2.05, 4.69) is 8.91 Å². The van der Waals surface area contributed by atoms with Crippen molar-refractivity contribution in [1.82, 2.24) is 4.72 Å². The lowest BCUT2D eigenvalue weighted by Crippen LogP contribution is -2.33. The highest BCUT2D eigenvalue weighted by Crippen LogP contribution is 2.18. The molecule has 1 rings (SSSR count). The number of hydrogen-bond acceptors (Lipinski definition) is 3. The van der Waals surface area contributed by atoms with E-state index in [4.69, 9.17) is 0 Å². The molecule has 1 saturated carbocycles. The molecule has 66 valence electrons. The first kappa shape index (κ1) is 8.96. The Kier molecular flexibility index (Phi) is 2.86.